The number of benzene rings is 2. The summed E-state index contributed by atoms with van der Waals surface area (Å²) in [5, 5.41) is 10.5. The van der Waals surface area contributed by atoms with Crippen LogP contribution in [0.1, 0.15) is 24.3 Å². The molecule has 1 N–H and O–H groups in total. The van der Waals surface area contributed by atoms with Crippen LogP contribution in [0, 0.1) is 0 Å². The van der Waals surface area contributed by atoms with Crippen LogP contribution in [-0.4, -0.2) is 70.8 Å². The number of β-amino-alcohol motifs (C(OH)–C–C–N with tert-alkyl or cyclic N) is 1. The maximum Gasteiger partial charge on any atom is 0.203 e. The molecular formula is C24H33NO6. The molecule has 1 fully saturated rings. The molecule has 31 heavy (non-hydrogen) atoms. The second kappa shape index (κ2) is 11.1. The van der Waals surface area contributed by atoms with Crippen molar-refractivity contribution in [1.29, 1.82) is 0 Å². The van der Waals surface area contributed by atoms with Crippen molar-refractivity contribution in [3.05, 3.63) is 42.0 Å². The molecule has 0 radical (unpaired) electrons. The number of aliphatic hydroxyl groups excluding tert-OH is 1. The third kappa shape index (κ3) is 5.74. The van der Waals surface area contributed by atoms with Crippen molar-refractivity contribution in [1.82, 2.24) is 4.90 Å². The molecule has 7 nitrogen and oxygen atoms in total. The minimum Gasteiger partial charge on any atom is -0.496 e. The van der Waals surface area contributed by atoms with Crippen LogP contribution >= 0.6 is 0 Å². The van der Waals surface area contributed by atoms with Gasteiger partial charge in [0.2, 0.25) is 5.75 Å². The first-order chi connectivity index (χ1) is 15.1. The monoisotopic (exact) mass is 431 g/mol. The van der Waals surface area contributed by atoms with Gasteiger partial charge in [0.05, 0.1) is 28.4 Å². The molecule has 1 aliphatic heterocycles. The Hall–Kier alpha value is -2.64. The van der Waals surface area contributed by atoms with Gasteiger partial charge in [0.25, 0.3) is 0 Å². The SMILES string of the molecule is COc1ccccc1C1CCN(C[C@@H](O)COc2cc(OC)c(OC)c(OC)c2)CC1. The van der Waals surface area contributed by atoms with Crippen molar-refractivity contribution in [3.63, 3.8) is 0 Å². The van der Waals surface area contributed by atoms with E-state index in [1.54, 1.807) is 40.6 Å². The standard InChI is InChI=1S/C24H33NO6/c1-27-21-8-6-5-7-20(21)17-9-11-25(12-10-17)15-18(26)16-31-19-13-22(28-2)24(30-4)23(14-19)29-3/h5-8,13-14,17-18,26H,9-12,15-16H2,1-4H3/t18-/m1/s1. The van der Waals surface area contributed by atoms with Crippen LogP contribution in [0.3, 0.4) is 0 Å². The van der Waals surface area contributed by atoms with E-state index in [2.05, 4.69) is 17.0 Å². The molecule has 1 heterocycles. The van der Waals surface area contributed by atoms with Crippen molar-refractivity contribution in [3.8, 4) is 28.7 Å². The molecular weight excluding hydrogens is 398 g/mol. The summed E-state index contributed by atoms with van der Waals surface area (Å²) in [7, 11) is 6.40. The second-order valence-electron chi connectivity index (χ2n) is 7.64. The third-order valence-corrected chi connectivity index (χ3v) is 5.72. The fourth-order valence-electron chi connectivity index (χ4n) is 4.11. The quantitative estimate of drug-likeness (QED) is 0.619. The number of likely N-dealkylation sites (tertiary alicyclic amines) is 1. The van der Waals surface area contributed by atoms with Gasteiger partial charge >= 0.3 is 0 Å². The molecule has 2 aromatic rings. The van der Waals surface area contributed by atoms with Gasteiger partial charge in [-0.05, 0) is 43.5 Å². The predicted octanol–water partition coefficient (Wildman–Crippen LogP) is 3.34. The zero-order chi connectivity index (χ0) is 22.2. The highest BCUT2D eigenvalue weighted by Gasteiger charge is 2.24. The number of piperidine rings is 1. The molecule has 7 heteroatoms. The van der Waals surface area contributed by atoms with E-state index in [1.807, 2.05) is 12.1 Å². The van der Waals surface area contributed by atoms with E-state index in [1.165, 1.54) is 5.56 Å². The highest BCUT2D eigenvalue weighted by atomic mass is 16.5. The number of ether oxygens (including phenoxy) is 5. The second-order valence-corrected chi connectivity index (χ2v) is 7.64. The van der Waals surface area contributed by atoms with Crippen LogP contribution in [0.2, 0.25) is 0 Å². The molecule has 0 unspecified atom stereocenters. The Morgan fingerprint density at radius 3 is 2.10 bits per heavy atom. The van der Waals surface area contributed by atoms with Crippen molar-refractivity contribution in [2.45, 2.75) is 24.9 Å². The van der Waals surface area contributed by atoms with Gasteiger partial charge in [-0.2, -0.15) is 0 Å². The highest BCUT2D eigenvalue weighted by Crippen LogP contribution is 2.40. The van der Waals surface area contributed by atoms with E-state index < -0.39 is 6.10 Å². The first-order valence-corrected chi connectivity index (χ1v) is 10.6. The molecule has 1 aliphatic rings. The van der Waals surface area contributed by atoms with Gasteiger partial charge in [-0.1, -0.05) is 18.2 Å². The largest absolute Gasteiger partial charge is 0.496 e. The van der Waals surface area contributed by atoms with E-state index in [0.29, 0.717) is 35.5 Å². The van der Waals surface area contributed by atoms with Gasteiger partial charge in [0, 0.05) is 18.7 Å². The maximum atomic E-state index is 10.5. The minimum atomic E-state index is -0.595. The number of para-hydroxylation sites is 1. The van der Waals surface area contributed by atoms with Crippen LogP contribution in [0.5, 0.6) is 28.7 Å². The molecule has 0 aromatic heterocycles. The van der Waals surface area contributed by atoms with Crippen molar-refractivity contribution in [2.75, 3.05) is 54.7 Å². The number of nitrogens with zero attached hydrogens (tertiary/aromatic N) is 1. The fourth-order valence-corrected chi connectivity index (χ4v) is 4.11. The van der Waals surface area contributed by atoms with Crippen LogP contribution in [0.15, 0.2) is 36.4 Å². The lowest BCUT2D eigenvalue weighted by atomic mass is 9.88. The number of rotatable bonds is 10. The highest BCUT2D eigenvalue weighted by molar-refractivity contribution is 5.55. The molecule has 1 saturated heterocycles. The predicted molar refractivity (Wildman–Crippen MR) is 119 cm³/mol. The molecule has 170 valence electrons. The van der Waals surface area contributed by atoms with Gasteiger partial charge in [0.15, 0.2) is 11.5 Å². The molecule has 2 aromatic carbocycles. The van der Waals surface area contributed by atoms with Crippen LogP contribution < -0.4 is 23.7 Å². The van der Waals surface area contributed by atoms with Crippen molar-refractivity contribution < 1.29 is 28.8 Å². The average Bonchev–Trinajstić information content (AvgIpc) is 2.82. The normalized spacial score (nSPS) is 15.9. The molecule has 0 saturated carbocycles. The van der Waals surface area contributed by atoms with Crippen molar-refractivity contribution >= 4 is 0 Å². The molecule has 1 atom stereocenters. The fraction of sp³-hybridized carbons (Fsp3) is 0.500. The van der Waals surface area contributed by atoms with E-state index in [9.17, 15) is 5.11 Å². The summed E-state index contributed by atoms with van der Waals surface area (Å²) in [5.41, 5.74) is 1.27. The zero-order valence-electron chi connectivity index (χ0n) is 18.8. The first-order valence-electron chi connectivity index (χ1n) is 10.6. The minimum absolute atomic E-state index is 0.186. The van der Waals surface area contributed by atoms with Crippen LogP contribution in [-0.2, 0) is 0 Å². The lowest BCUT2D eigenvalue weighted by molar-refractivity contribution is 0.0591. The third-order valence-electron chi connectivity index (χ3n) is 5.72. The number of hydrogen-bond acceptors (Lipinski definition) is 7. The molecule has 0 aliphatic carbocycles. The van der Waals surface area contributed by atoms with Crippen LogP contribution in [0.25, 0.3) is 0 Å². The maximum absolute atomic E-state index is 10.5. The van der Waals surface area contributed by atoms with E-state index in [0.717, 1.165) is 31.7 Å². The lowest BCUT2D eigenvalue weighted by Crippen LogP contribution is -2.40. The van der Waals surface area contributed by atoms with Gasteiger partial charge in [0.1, 0.15) is 24.2 Å². The summed E-state index contributed by atoms with van der Waals surface area (Å²) in [6.07, 6.45) is 1.49. The van der Waals surface area contributed by atoms with Gasteiger partial charge in [-0.25, -0.2) is 0 Å². The Morgan fingerprint density at radius 1 is 0.903 bits per heavy atom. The van der Waals surface area contributed by atoms with E-state index in [4.69, 9.17) is 23.7 Å². The first kappa shape index (κ1) is 23.0. The Labute approximate surface area is 184 Å². The van der Waals surface area contributed by atoms with Crippen LogP contribution in [0.4, 0.5) is 0 Å². The lowest BCUT2D eigenvalue weighted by Gasteiger charge is -2.33. The zero-order valence-corrected chi connectivity index (χ0v) is 18.8. The van der Waals surface area contributed by atoms with Gasteiger partial charge < -0.3 is 33.7 Å². The topological polar surface area (TPSA) is 69.6 Å². The molecule has 3 rings (SSSR count). The van der Waals surface area contributed by atoms with E-state index >= 15 is 0 Å². The average molecular weight is 432 g/mol. The summed E-state index contributed by atoms with van der Waals surface area (Å²) in [6.45, 7) is 2.63. The van der Waals surface area contributed by atoms with Crippen molar-refractivity contribution in [2.24, 2.45) is 0 Å². The number of hydrogen-bond donors (Lipinski definition) is 1. The Morgan fingerprint density at radius 2 is 1.52 bits per heavy atom. The summed E-state index contributed by atoms with van der Waals surface area (Å²) < 4.78 is 27.3. The van der Waals surface area contributed by atoms with E-state index in [-0.39, 0.29) is 6.61 Å². The Kier molecular flexibility index (Phi) is 8.26. The number of aliphatic hydroxyl groups is 1. The summed E-state index contributed by atoms with van der Waals surface area (Å²) >= 11 is 0. The molecule has 0 amide bonds. The molecule has 0 bridgehead atoms. The smallest absolute Gasteiger partial charge is 0.203 e. The summed E-state index contributed by atoms with van der Waals surface area (Å²) in [5.74, 6) is 3.55. The van der Waals surface area contributed by atoms with Gasteiger partial charge in [-0.3, -0.25) is 0 Å². The molecule has 0 spiro atoms. The number of methoxy groups -OCH3 is 4. The summed E-state index contributed by atoms with van der Waals surface area (Å²) in [4.78, 5) is 2.29. The Bertz CT molecular complexity index is 810. The summed E-state index contributed by atoms with van der Waals surface area (Å²) in [6, 6.07) is 11.7. The Balaban J connectivity index is 1.50. The van der Waals surface area contributed by atoms with Gasteiger partial charge in [-0.15, -0.1) is 0 Å².